The lowest BCUT2D eigenvalue weighted by Gasteiger charge is -2.10. The van der Waals surface area contributed by atoms with Gasteiger partial charge in [-0.25, -0.2) is 4.21 Å². The van der Waals surface area contributed by atoms with Gasteiger partial charge in [-0.05, 0) is 6.92 Å². The van der Waals surface area contributed by atoms with E-state index in [1.165, 1.54) is 0 Å². The van der Waals surface area contributed by atoms with Gasteiger partial charge in [0, 0.05) is 18.2 Å². The van der Waals surface area contributed by atoms with E-state index >= 15 is 0 Å². The van der Waals surface area contributed by atoms with Crippen molar-refractivity contribution in [3.05, 3.63) is 12.2 Å². The third-order valence-electron chi connectivity index (χ3n) is 1.27. The first-order valence-electron chi connectivity index (χ1n) is 3.70. The van der Waals surface area contributed by atoms with Gasteiger partial charge in [-0.3, -0.25) is 4.79 Å². The molecule has 0 aromatic rings. The molecule has 0 radical (unpaired) electrons. The van der Waals surface area contributed by atoms with E-state index in [4.69, 9.17) is 10.3 Å². The largest absolute Gasteiger partial charge is 0.351 e. The van der Waals surface area contributed by atoms with Gasteiger partial charge < -0.3 is 15.6 Å². The SMILES string of the molecule is C=C(C)C(=O)NCC(N)CS(=O)O. The van der Waals surface area contributed by atoms with Crippen LogP contribution in [0.3, 0.4) is 0 Å². The quantitative estimate of drug-likeness (QED) is 0.407. The molecule has 0 aromatic heterocycles. The van der Waals surface area contributed by atoms with Crippen LogP contribution >= 0.6 is 0 Å². The van der Waals surface area contributed by atoms with E-state index in [-0.39, 0.29) is 18.2 Å². The van der Waals surface area contributed by atoms with Crippen molar-refractivity contribution in [1.82, 2.24) is 5.32 Å². The molecule has 76 valence electrons. The standard InChI is InChI=1S/C7H14N2O3S/c1-5(2)7(10)9-3-6(8)4-13(11)12/h6H,1,3-4,8H2,2H3,(H,9,10)(H,11,12). The predicted molar refractivity (Wildman–Crippen MR) is 51.4 cm³/mol. The summed E-state index contributed by atoms with van der Waals surface area (Å²) in [5.74, 6) is -0.338. The Morgan fingerprint density at radius 1 is 1.77 bits per heavy atom. The Morgan fingerprint density at radius 2 is 2.31 bits per heavy atom. The van der Waals surface area contributed by atoms with E-state index in [9.17, 15) is 9.00 Å². The van der Waals surface area contributed by atoms with Gasteiger partial charge in [-0.1, -0.05) is 6.58 Å². The van der Waals surface area contributed by atoms with Gasteiger partial charge in [0.15, 0.2) is 11.1 Å². The summed E-state index contributed by atoms with van der Waals surface area (Å²) in [5, 5.41) is 2.48. The lowest BCUT2D eigenvalue weighted by atomic mass is 10.3. The molecule has 0 aromatic carbocycles. The van der Waals surface area contributed by atoms with Gasteiger partial charge in [0.1, 0.15) is 0 Å². The highest BCUT2D eigenvalue weighted by atomic mass is 32.2. The number of hydrogen-bond acceptors (Lipinski definition) is 3. The Bertz CT molecular complexity index is 230. The summed E-state index contributed by atoms with van der Waals surface area (Å²) >= 11 is -1.92. The van der Waals surface area contributed by atoms with Crippen LogP contribution in [0.2, 0.25) is 0 Å². The molecule has 0 aliphatic heterocycles. The summed E-state index contributed by atoms with van der Waals surface area (Å²) < 4.78 is 18.7. The van der Waals surface area contributed by atoms with Crippen LogP contribution in [-0.2, 0) is 15.9 Å². The van der Waals surface area contributed by atoms with Crippen molar-refractivity contribution in [2.24, 2.45) is 5.73 Å². The number of amides is 1. The zero-order valence-electron chi connectivity index (χ0n) is 7.45. The number of hydrogen-bond donors (Lipinski definition) is 3. The fourth-order valence-corrected chi connectivity index (χ4v) is 1.10. The molecule has 0 saturated heterocycles. The first-order chi connectivity index (χ1) is 5.93. The maximum Gasteiger partial charge on any atom is 0.246 e. The molecule has 0 spiro atoms. The van der Waals surface area contributed by atoms with Crippen molar-refractivity contribution in [3.63, 3.8) is 0 Å². The van der Waals surface area contributed by atoms with E-state index in [0.717, 1.165) is 0 Å². The molecule has 1 amide bonds. The highest BCUT2D eigenvalue weighted by molar-refractivity contribution is 7.79. The van der Waals surface area contributed by atoms with Crippen molar-refractivity contribution in [3.8, 4) is 0 Å². The lowest BCUT2D eigenvalue weighted by molar-refractivity contribution is -0.117. The molecular weight excluding hydrogens is 192 g/mol. The van der Waals surface area contributed by atoms with Crippen LogP contribution in [0, 0.1) is 0 Å². The van der Waals surface area contributed by atoms with Crippen LogP contribution in [0.5, 0.6) is 0 Å². The number of rotatable bonds is 5. The minimum atomic E-state index is -1.92. The predicted octanol–water partition coefficient (Wildman–Crippen LogP) is -0.772. The molecule has 2 atom stereocenters. The first-order valence-corrected chi connectivity index (χ1v) is 4.97. The van der Waals surface area contributed by atoms with Crippen LogP contribution in [0.1, 0.15) is 6.92 Å². The topological polar surface area (TPSA) is 92.4 Å². The van der Waals surface area contributed by atoms with Gasteiger partial charge in [0.2, 0.25) is 5.91 Å². The molecule has 2 unspecified atom stereocenters. The van der Waals surface area contributed by atoms with Crippen molar-refractivity contribution in [2.75, 3.05) is 12.3 Å². The highest BCUT2D eigenvalue weighted by Gasteiger charge is 2.08. The van der Waals surface area contributed by atoms with Gasteiger partial charge in [0.25, 0.3) is 0 Å². The minimum absolute atomic E-state index is 0.0452. The zero-order valence-corrected chi connectivity index (χ0v) is 8.26. The van der Waals surface area contributed by atoms with Crippen molar-refractivity contribution in [1.29, 1.82) is 0 Å². The molecule has 13 heavy (non-hydrogen) atoms. The van der Waals surface area contributed by atoms with Crippen LogP contribution in [-0.4, -0.2) is 33.0 Å². The minimum Gasteiger partial charge on any atom is -0.351 e. The fraction of sp³-hybridized carbons (Fsp3) is 0.571. The monoisotopic (exact) mass is 206 g/mol. The fourth-order valence-electron chi connectivity index (χ4n) is 0.617. The number of carbonyl (C=O) groups is 1. The summed E-state index contributed by atoms with van der Waals surface area (Å²) in [6, 6.07) is -0.505. The third kappa shape index (κ3) is 6.44. The Balaban J connectivity index is 3.70. The maximum atomic E-state index is 10.9. The van der Waals surface area contributed by atoms with E-state index in [0.29, 0.717) is 5.57 Å². The molecule has 6 heteroatoms. The average molecular weight is 206 g/mol. The van der Waals surface area contributed by atoms with Gasteiger partial charge in [0.05, 0.1) is 5.75 Å². The second-order valence-electron chi connectivity index (χ2n) is 2.74. The summed E-state index contributed by atoms with van der Waals surface area (Å²) in [5.41, 5.74) is 5.81. The summed E-state index contributed by atoms with van der Waals surface area (Å²) in [4.78, 5) is 10.9. The molecule has 4 N–H and O–H groups in total. The molecule has 0 rings (SSSR count). The van der Waals surface area contributed by atoms with E-state index in [1.54, 1.807) is 6.92 Å². The molecule has 0 bridgehead atoms. The van der Waals surface area contributed by atoms with E-state index < -0.39 is 17.1 Å². The maximum absolute atomic E-state index is 10.9. The molecule has 0 heterocycles. The second kappa shape index (κ2) is 5.85. The number of nitrogens with two attached hydrogens (primary N) is 1. The Hall–Kier alpha value is -0.720. The van der Waals surface area contributed by atoms with Crippen molar-refractivity contribution < 1.29 is 13.6 Å². The van der Waals surface area contributed by atoms with Gasteiger partial charge in [-0.2, -0.15) is 0 Å². The third-order valence-corrected chi connectivity index (χ3v) is 1.98. The molecule has 5 nitrogen and oxygen atoms in total. The highest BCUT2D eigenvalue weighted by Crippen LogP contribution is 1.86. The van der Waals surface area contributed by atoms with E-state index in [1.807, 2.05) is 0 Å². The van der Waals surface area contributed by atoms with Crippen molar-refractivity contribution in [2.45, 2.75) is 13.0 Å². The Morgan fingerprint density at radius 3 is 2.69 bits per heavy atom. The number of carbonyl (C=O) groups excluding carboxylic acids is 1. The lowest BCUT2D eigenvalue weighted by Crippen LogP contribution is -2.40. The average Bonchev–Trinajstić information content (AvgIpc) is 1.98. The molecule has 0 fully saturated rings. The van der Waals surface area contributed by atoms with Crippen molar-refractivity contribution >= 4 is 17.0 Å². The Kier molecular flexibility index (Phi) is 5.52. The van der Waals surface area contributed by atoms with E-state index in [2.05, 4.69) is 11.9 Å². The normalized spacial score (nSPS) is 14.7. The van der Waals surface area contributed by atoms with Gasteiger partial charge in [-0.15, -0.1) is 0 Å². The van der Waals surface area contributed by atoms with Crippen LogP contribution in [0.4, 0.5) is 0 Å². The molecule has 0 saturated carbocycles. The molecular formula is C7H14N2O3S. The zero-order chi connectivity index (χ0) is 10.4. The number of nitrogens with one attached hydrogen (secondary N) is 1. The second-order valence-corrected chi connectivity index (χ2v) is 3.71. The first kappa shape index (κ1) is 12.3. The van der Waals surface area contributed by atoms with Crippen LogP contribution in [0.15, 0.2) is 12.2 Å². The summed E-state index contributed by atoms with van der Waals surface area (Å²) in [6.45, 7) is 5.18. The summed E-state index contributed by atoms with van der Waals surface area (Å²) in [7, 11) is 0. The molecule has 0 aliphatic rings. The smallest absolute Gasteiger partial charge is 0.246 e. The van der Waals surface area contributed by atoms with Crippen LogP contribution in [0.25, 0.3) is 0 Å². The Labute approximate surface area is 79.7 Å². The van der Waals surface area contributed by atoms with Gasteiger partial charge >= 0.3 is 0 Å². The van der Waals surface area contributed by atoms with Crippen LogP contribution < -0.4 is 11.1 Å². The molecule has 0 aliphatic carbocycles. The summed E-state index contributed by atoms with van der Waals surface area (Å²) in [6.07, 6.45) is 0.